The predicted molar refractivity (Wildman–Crippen MR) is 72.3 cm³/mol. The number of nitrogens with two attached hydrogens (primary N) is 1. The summed E-state index contributed by atoms with van der Waals surface area (Å²) in [5.41, 5.74) is 0.896. The third kappa shape index (κ3) is 4.39. The number of rotatable bonds is 6. The lowest BCUT2D eigenvalue weighted by Gasteiger charge is -2.22. The number of nitrogen functional groups attached to an aromatic ring is 1. The summed E-state index contributed by atoms with van der Waals surface area (Å²) >= 11 is 1.40. The van der Waals surface area contributed by atoms with Crippen LogP contribution < -0.4 is 16.6 Å². The Labute approximate surface area is 118 Å². The van der Waals surface area contributed by atoms with E-state index in [1.165, 1.54) is 11.8 Å². The molecule has 0 spiro atoms. The fraction of sp³-hybridized carbons (Fsp3) is 0.600. The first kappa shape index (κ1) is 16.8. The van der Waals surface area contributed by atoms with E-state index in [4.69, 9.17) is 10.9 Å². The van der Waals surface area contributed by atoms with Crippen LogP contribution in [0, 0.1) is 0 Å². The van der Waals surface area contributed by atoms with Gasteiger partial charge in [0.05, 0.1) is 6.61 Å². The largest absolute Gasteiger partial charge is 0.433 e. The lowest BCUT2D eigenvalue weighted by molar-refractivity contribution is -0.141. The van der Waals surface area contributed by atoms with Crippen LogP contribution >= 0.6 is 11.8 Å². The molecule has 2 atom stereocenters. The van der Waals surface area contributed by atoms with Crippen LogP contribution in [0.15, 0.2) is 6.07 Å². The number of anilines is 2. The van der Waals surface area contributed by atoms with Gasteiger partial charge in [-0.3, -0.25) is 5.43 Å². The normalized spacial score (nSPS) is 14.8. The van der Waals surface area contributed by atoms with Crippen molar-refractivity contribution in [1.29, 1.82) is 0 Å². The number of alkyl halides is 3. The summed E-state index contributed by atoms with van der Waals surface area (Å²) < 4.78 is 38.0. The molecule has 0 aromatic carbocycles. The SMILES string of the molecule is CSC(CO)C(C)Nc1cc(C(F)(F)F)nc(NN)n1. The number of hydrogen-bond donors (Lipinski definition) is 4. The van der Waals surface area contributed by atoms with Crippen molar-refractivity contribution >= 4 is 23.5 Å². The summed E-state index contributed by atoms with van der Waals surface area (Å²) in [6.45, 7) is 1.64. The molecule has 1 heterocycles. The van der Waals surface area contributed by atoms with E-state index in [0.717, 1.165) is 6.07 Å². The molecule has 1 rings (SSSR count). The highest BCUT2D eigenvalue weighted by Gasteiger charge is 2.34. The monoisotopic (exact) mass is 311 g/mol. The van der Waals surface area contributed by atoms with Crippen LogP contribution in [0.25, 0.3) is 0 Å². The zero-order chi connectivity index (χ0) is 15.3. The molecule has 0 bridgehead atoms. The first-order chi connectivity index (χ1) is 9.31. The Morgan fingerprint density at radius 2 is 2.10 bits per heavy atom. The molecule has 0 radical (unpaired) electrons. The summed E-state index contributed by atoms with van der Waals surface area (Å²) in [5, 5.41) is 11.8. The maximum atomic E-state index is 12.7. The first-order valence-corrected chi connectivity index (χ1v) is 6.93. The standard InChI is InChI=1S/C10H16F3N5OS/c1-5(6(4-19)20-2)15-8-3-7(10(11,12)13)16-9(17-8)18-14/h3,5-6,19H,4,14H2,1-2H3,(H2,15,16,17,18). The Balaban J connectivity index is 3.00. The summed E-state index contributed by atoms with van der Waals surface area (Å²) in [5.74, 6) is 4.71. The smallest absolute Gasteiger partial charge is 0.395 e. The summed E-state index contributed by atoms with van der Waals surface area (Å²) in [6, 6.07) is 0.517. The van der Waals surface area contributed by atoms with E-state index in [1.54, 1.807) is 13.2 Å². The molecule has 10 heteroatoms. The van der Waals surface area contributed by atoms with E-state index < -0.39 is 11.9 Å². The van der Waals surface area contributed by atoms with Crippen molar-refractivity contribution in [3.8, 4) is 0 Å². The molecule has 114 valence electrons. The molecular formula is C10H16F3N5OS. The lowest BCUT2D eigenvalue weighted by Crippen LogP contribution is -2.31. The molecule has 1 aromatic rings. The number of aliphatic hydroxyl groups excluding tert-OH is 1. The number of aromatic nitrogens is 2. The Hall–Kier alpha value is -1.26. The Morgan fingerprint density at radius 1 is 1.45 bits per heavy atom. The van der Waals surface area contributed by atoms with Crippen molar-refractivity contribution in [2.75, 3.05) is 23.6 Å². The highest BCUT2D eigenvalue weighted by atomic mass is 32.2. The highest BCUT2D eigenvalue weighted by Crippen LogP contribution is 2.30. The topological polar surface area (TPSA) is 96.1 Å². The lowest BCUT2D eigenvalue weighted by atomic mass is 10.2. The molecule has 0 saturated carbocycles. The van der Waals surface area contributed by atoms with Gasteiger partial charge in [0.2, 0.25) is 5.95 Å². The molecule has 0 amide bonds. The van der Waals surface area contributed by atoms with Gasteiger partial charge in [0.25, 0.3) is 0 Å². The van der Waals surface area contributed by atoms with E-state index in [9.17, 15) is 13.2 Å². The molecule has 0 fully saturated rings. The second kappa shape index (κ2) is 6.95. The third-order valence-corrected chi connectivity index (χ3v) is 3.72. The van der Waals surface area contributed by atoms with Crippen LogP contribution in [0.3, 0.4) is 0 Å². The maximum absolute atomic E-state index is 12.7. The van der Waals surface area contributed by atoms with Crippen LogP contribution in [-0.2, 0) is 6.18 Å². The number of hydrazine groups is 1. The number of nitrogens with zero attached hydrogens (tertiary/aromatic N) is 2. The molecule has 5 N–H and O–H groups in total. The molecule has 2 unspecified atom stereocenters. The third-order valence-electron chi connectivity index (χ3n) is 2.56. The predicted octanol–water partition coefficient (Wildman–Crippen LogP) is 1.31. The molecule has 20 heavy (non-hydrogen) atoms. The Morgan fingerprint density at radius 3 is 2.55 bits per heavy atom. The van der Waals surface area contributed by atoms with Gasteiger partial charge in [0, 0.05) is 17.4 Å². The van der Waals surface area contributed by atoms with Gasteiger partial charge in [0.1, 0.15) is 5.82 Å². The van der Waals surface area contributed by atoms with Gasteiger partial charge in [-0.05, 0) is 13.2 Å². The molecule has 0 saturated heterocycles. The quantitative estimate of drug-likeness (QED) is 0.464. The molecule has 0 aliphatic carbocycles. The van der Waals surface area contributed by atoms with E-state index in [1.807, 2.05) is 5.43 Å². The van der Waals surface area contributed by atoms with Crippen molar-refractivity contribution in [2.45, 2.75) is 24.4 Å². The van der Waals surface area contributed by atoms with Gasteiger partial charge in [-0.25, -0.2) is 10.8 Å². The van der Waals surface area contributed by atoms with Gasteiger partial charge in [-0.1, -0.05) is 0 Å². The summed E-state index contributed by atoms with van der Waals surface area (Å²) in [6.07, 6.45) is -2.79. The Kier molecular flexibility index (Phi) is 5.84. The zero-order valence-electron chi connectivity index (χ0n) is 10.9. The van der Waals surface area contributed by atoms with Crippen molar-refractivity contribution in [3.05, 3.63) is 11.8 Å². The van der Waals surface area contributed by atoms with E-state index >= 15 is 0 Å². The van der Waals surface area contributed by atoms with Crippen molar-refractivity contribution in [3.63, 3.8) is 0 Å². The van der Waals surface area contributed by atoms with E-state index in [0.29, 0.717) is 0 Å². The van der Waals surface area contributed by atoms with Gasteiger partial charge >= 0.3 is 6.18 Å². The van der Waals surface area contributed by atoms with Crippen LogP contribution in [0.4, 0.5) is 24.9 Å². The minimum Gasteiger partial charge on any atom is -0.395 e. The Bertz CT molecular complexity index is 441. The number of nitrogens with one attached hydrogen (secondary N) is 2. The van der Waals surface area contributed by atoms with E-state index in [2.05, 4.69) is 15.3 Å². The fourth-order valence-corrected chi connectivity index (χ4v) is 2.12. The number of hydrogen-bond acceptors (Lipinski definition) is 7. The summed E-state index contributed by atoms with van der Waals surface area (Å²) in [4.78, 5) is 7.06. The zero-order valence-corrected chi connectivity index (χ0v) is 11.7. The minimum absolute atomic E-state index is 0.0136. The molecule has 0 aliphatic rings. The van der Waals surface area contributed by atoms with Crippen LogP contribution in [0.2, 0.25) is 0 Å². The minimum atomic E-state index is -4.59. The highest BCUT2D eigenvalue weighted by molar-refractivity contribution is 7.99. The summed E-state index contributed by atoms with van der Waals surface area (Å²) in [7, 11) is 0. The van der Waals surface area contributed by atoms with Crippen molar-refractivity contribution in [1.82, 2.24) is 9.97 Å². The van der Waals surface area contributed by atoms with Crippen molar-refractivity contribution in [2.24, 2.45) is 5.84 Å². The molecule has 1 aromatic heterocycles. The van der Waals surface area contributed by atoms with Crippen LogP contribution in [-0.4, -0.2) is 39.2 Å². The van der Waals surface area contributed by atoms with Crippen LogP contribution in [0.1, 0.15) is 12.6 Å². The second-order valence-electron chi connectivity index (χ2n) is 3.99. The molecule has 0 aliphatic heterocycles. The van der Waals surface area contributed by atoms with Crippen molar-refractivity contribution < 1.29 is 18.3 Å². The first-order valence-electron chi connectivity index (χ1n) is 5.65. The molecule has 6 nitrogen and oxygen atoms in total. The van der Waals surface area contributed by atoms with Gasteiger partial charge in [0.15, 0.2) is 5.69 Å². The number of thioether (sulfide) groups is 1. The maximum Gasteiger partial charge on any atom is 0.433 e. The van der Waals surface area contributed by atoms with Gasteiger partial charge < -0.3 is 10.4 Å². The molecular weight excluding hydrogens is 295 g/mol. The van der Waals surface area contributed by atoms with Gasteiger partial charge in [-0.2, -0.15) is 29.9 Å². The fourth-order valence-electron chi connectivity index (χ4n) is 1.49. The average molecular weight is 311 g/mol. The van der Waals surface area contributed by atoms with Crippen LogP contribution in [0.5, 0.6) is 0 Å². The average Bonchev–Trinajstić information content (AvgIpc) is 2.38. The number of aliphatic hydroxyl groups is 1. The van der Waals surface area contributed by atoms with E-state index in [-0.39, 0.29) is 29.7 Å². The number of halogens is 3. The second-order valence-corrected chi connectivity index (χ2v) is 5.07. The van der Waals surface area contributed by atoms with Gasteiger partial charge in [-0.15, -0.1) is 0 Å².